The number of likely N-dealkylation sites (N-methyl/N-ethyl adjacent to an activating group) is 1. The van der Waals surface area contributed by atoms with Crippen molar-refractivity contribution in [3.05, 3.63) is 29.8 Å². The Bertz CT molecular complexity index is 506. The zero-order valence-electron chi connectivity index (χ0n) is 14.2. The predicted molar refractivity (Wildman–Crippen MR) is 90.2 cm³/mol. The molecule has 7 nitrogen and oxygen atoms in total. The molecule has 1 atom stereocenters. The second-order valence-corrected chi connectivity index (χ2v) is 5.51. The molecule has 134 valence electrons. The molecule has 0 saturated carbocycles. The van der Waals surface area contributed by atoms with E-state index in [2.05, 4.69) is 29.3 Å². The number of carbonyl (C=O) groups is 2. The van der Waals surface area contributed by atoms with Gasteiger partial charge in [-0.1, -0.05) is 19.1 Å². The molecule has 0 aromatic heterocycles. The molecule has 1 aromatic carbocycles. The van der Waals surface area contributed by atoms with E-state index in [0.717, 1.165) is 24.9 Å². The number of hydrogen-bond donors (Lipinski definition) is 3. The Morgan fingerprint density at radius 1 is 1.25 bits per heavy atom. The second-order valence-electron chi connectivity index (χ2n) is 5.51. The Morgan fingerprint density at radius 3 is 2.38 bits per heavy atom. The lowest BCUT2D eigenvalue weighted by molar-refractivity contribution is -0.159. The van der Waals surface area contributed by atoms with Crippen molar-refractivity contribution in [2.45, 2.75) is 32.4 Å². The zero-order valence-corrected chi connectivity index (χ0v) is 14.2. The summed E-state index contributed by atoms with van der Waals surface area (Å²) in [7, 11) is 1.70. The first-order chi connectivity index (χ1) is 11.5. The van der Waals surface area contributed by atoms with Crippen LogP contribution >= 0.6 is 0 Å². The minimum atomic E-state index is -1.82. The van der Waals surface area contributed by atoms with Gasteiger partial charge < -0.3 is 20.3 Å². The molecular formula is C17H26N2O5. The van der Waals surface area contributed by atoms with Gasteiger partial charge in [-0.3, -0.25) is 4.90 Å². The highest BCUT2D eigenvalue weighted by molar-refractivity contribution is 6.27. The van der Waals surface area contributed by atoms with Crippen molar-refractivity contribution in [1.29, 1.82) is 0 Å². The summed E-state index contributed by atoms with van der Waals surface area (Å²) in [5.74, 6) is -2.73. The molecule has 1 heterocycles. The van der Waals surface area contributed by atoms with Crippen LogP contribution < -0.4 is 10.1 Å². The Hall–Kier alpha value is -2.12. The van der Waals surface area contributed by atoms with E-state index in [-0.39, 0.29) is 0 Å². The van der Waals surface area contributed by atoms with E-state index in [1.165, 1.54) is 31.5 Å². The van der Waals surface area contributed by atoms with Crippen molar-refractivity contribution >= 4 is 11.9 Å². The van der Waals surface area contributed by atoms with Gasteiger partial charge in [0, 0.05) is 19.1 Å². The zero-order chi connectivity index (χ0) is 17.9. The predicted octanol–water partition coefficient (Wildman–Crippen LogP) is 1.42. The van der Waals surface area contributed by atoms with E-state index >= 15 is 0 Å². The second kappa shape index (κ2) is 10.6. The van der Waals surface area contributed by atoms with Crippen LogP contribution in [0.15, 0.2) is 24.3 Å². The fraction of sp³-hybridized carbons (Fsp3) is 0.529. The SMILES string of the molecule is CCN1CCCC1CNCc1ccc(OC)cc1.O=C(O)C(=O)O. The van der Waals surface area contributed by atoms with Gasteiger partial charge in [-0.25, -0.2) is 9.59 Å². The number of likely N-dealkylation sites (tertiary alicyclic amines) is 1. The van der Waals surface area contributed by atoms with Gasteiger partial charge in [-0.05, 0) is 43.6 Å². The number of ether oxygens (including phenoxy) is 1. The molecule has 0 amide bonds. The number of carboxylic acid groups (broad SMARTS) is 2. The molecule has 1 aliphatic heterocycles. The number of aliphatic carboxylic acids is 2. The van der Waals surface area contributed by atoms with Gasteiger partial charge in [0.15, 0.2) is 0 Å². The number of methoxy groups -OCH3 is 1. The highest BCUT2D eigenvalue weighted by Crippen LogP contribution is 2.16. The van der Waals surface area contributed by atoms with E-state index in [9.17, 15) is 0 Å². The summed E-state index contributed by atoms with van der Waals surface area (Å²) in [5.41, 5.74) is 1.32. The van der Waals surface area contributed by atoms with E-state index in [1.54, 1.807) is 7.11 Å². The maximum atomic E-state index is 9.10. The Kier molecular flexibility index (Phi) is 8.81. The fourth-order valence-corrected chi connectivity index (χ4v) is 2.67. The summed E-state index contributed by atoms with van der Waals surface area (Å²) < 4.78 is 5.16. The van der Waals surface area contributed by atoms with Crippen molar-refractivity contribution in [3.63, 3.8) is 0 Å². The lowest BCUT2D eigenvalue weighted by atomic mass is 10.2. The average molecular weight is 338 g/mol. The van der Waals surface area contributed by atoms with Crippen molar-refractivity contribution < 1.29 is 24.5 Å². The minimum absolute atomic E-state index is 0.730. The van der Waals surface area contributed by atoms with Crippen molar-refractivity contribution in [3.8, 4) is 5.75 Å². The first-order valence-corrected chi connectivity index (χ1v) is 8.01. The maximum Gasteiger partial charge on any atom is 0.414 e. The molecule has 1 saturated heterocycles. The number of nitrogens with one attached hydrogen (secondary N) is 1. The first kappa shape index (κ1) is 19.9. The molecule has 1 aliphatic rings. The third kappa shape index (κ3) is 6.97. The van der Waals surface area contributed by atoms with Crippen LogP contribution in [0.3, 0.4) is 0 Å². The third-order valence-electron chi connectivity index (χ3n) is 3.96. The van der Waals surface area contributed by atoms with Crippen molar-refractivity contribution in [2.24, 2.45) is 0 Å². The third-order valence-corrected chi connectivity index (χ3v) is 3.96. The topological polar surface area (TPSA) is 99.1 Å². The number of benzene rings is 1. The highest BCUT2D eigenvalue weighted by Gasteiger charge is 2.21. The maximum absolute atomic E-state index is 9.10. The van der Waals surface area contributed by atoms with Gasteiger partial charge in [-0.15, -0.1) is 0 Å². The summed E-state index contributed by atoms with van der Waals surface area (Å²) in [4.78, 5) is 20.8. The normalized spacial score (nSPS) is 17.0. The Morgan fingerprint density at radius 2 is 1.88 bits per heavy atom. The summed E-state index contributed by atoms with van der Waals surface area (Å²) in [6, 6.07) is 9.01. The van der Waals surface area contributed by atoms with Gasteiger partial charge in [0.2, 0.25) is 0 Å². The Balaban J connectivity index is 0.000000413. The van der Waals surface area contributed by atoms with E-state index < -0.39 is 11.9 Å². The smallest absolute Gasteiger partial charge is 0.414 e. The molecule has 0 bridgehead atoms. The summed E-state index contributed by atoms with van der Waals surface area (Å²) in [6.45, 7) is 6.74. The van der Waals surface area contributed by atoms with Crippen LogP contribution in [0.1, 0.15) is 25.3 Å². The summed E-state index contributed by atoms with van der Waals surface area (Å²) >= 11 is 0. The number of carboxylic acids is 2. The van der Waals surface area contributed by atoms with Crippen molar-refractivity contribution in [1.82, 2.24) is 10.2 Å². The quantitative estimate of drug-likeness (QED) is 0.675. The molecule has 1 aromatic rings. The summed E-state index contributed by atoms with van der Waals surface area (Å²) in [6.07, 6.45) is 2.69. The molecule has 0 aliphatic carbocycles. The van der Waals surface area contributed by atoms with Gasteiger partial charge in [0.05, 0.1) is 7.11 Å². The van der Waals surface area contributed by atoms with Gasteiger partial charge in [0.25, 0.3) is 0 Å². The van der Waals surface area contributed by atoms with E-state index in [1.807, 2.05) is 12.1 Å². The van der Waals surface area contributed by atoms with Crippen LogP contribution in [-0.2, 0) is 16.1 Å². The summed E-state index contributed by atoms with van der Waals surface area (Å²) in [5, 5.41) is 18.3. The standard InChI is InChI=1S/C15H24N2O.C2H2O4/c1-3-17-10-4-5-14(17)12-16-11-13-6-8-15(18-2)9-7-13;3-1(4)2(5)6/h6-9,14,16H,3-5,10-12H2,1-2H3;(H,3,4)(H,5,6). The van der Waals surface area contributed by atoms with Crippen LogP contribution in [0.4, 0.5) is 0 Å². The lowest BCUT2D eigenvalue weighted by Gasteiger charge is -2.23. The number of hydrogen-bond acceptors (Lipinski definition) is 5. The van der Waals surface area contributed by atoms with E-state index in [0.29, 0.717) is 0 Å². The number of nitrogens with zero attached hydrogens (tertiary/aromatic N) is 1. The molecular weight excluding hydrogens is 312 g/mol. The lowest BCUT2D eigenvalue weighted by Crippen LogP contribution is -2.37. The van der Waals surface area contributed by atoms with Crippen LogP contribution in [0.2, 0.25) is 0 Å². The first-order valence-electron chi connectivity index (χ1n) is 8.01. The molecule has 0 radical (unpaired) electrons. The number of rotatable bonds is 6. The minimum Gasteiger partial charge on any atom is -0.497 e. The molecule has 24 heavy (non-hydrogen) atoms. The highest BCUT2D eigenvalue weighted by atomic mass is 16.5. The average Bonchev–Trinajstić information content (AvgIpc) is 3.03. The largest absolute Gasteiger partial charge is 0.497 e. The fourth-order valence-electron chi connectivity index (χ4n) is 2.67. The van der Waals surface area contributed by atoms with Crippen LogP contribution in [-0.4, -0.2) is 59.8 Å². The molecule has 0 spiro atoms. The monoisotopic (exact) mass is 338 g/mol. The molecule has 1 fully saturated rings. The molecule has 3 N–H and O–H groups in total. The van der Waals surface area contributed by atoms with Gasteiger partial charge >= 0.3 is 11.9 Å². The van der Waals surface area contributed by atoms with Gasteiger partial charge in [0.1, 0.15) is 5.75 Å². The van der Waals surface area contributed by atoms with Crippen molar-refractivity contribution in [2.75, 3.05) is 26.7 Å². The van der Waals surface area contributed by atoms with Crippen LogP contribution in [0.25, 0.3) is 0 Å². The molecule has 7 heteroatoms. The van der Waals surface area contributed by atoms with E-state index in [4.69, 9.17) is 24.5 Å². The van der Waals surface area contributed by atoms with Gasteiger partial charge in [-0.2, -0.15) is 0 Å². The Labute approximate surface area is 142 Å². The molecule has 1 unspecified atom stereocenters. The molecule has 2 rings (SSSR count). The van der Waals surface area contributed by atoms with Crippen LogP contribution in [0, 0.1) is 0 Å². The van der Waals surface area contributed by atoms with Crippen LogP contribution in [0.5, 0.6) is 5.75 Å².